The summed E-state index contributed by atoms with van der Waals surface area (Å²) in [6, 6.07) is 7.15. The van der Waals surface area contributed by atoms with E-state index in [0.717, 1.165) is 4.47 Å². The fourth-order valence-corrected chi connectivity index (χ4v) is 1.70. The Labute approximate surface area is 89.8 Å². The van der Waals surface area contributed by atoms with E-state index in [1.54, 1.807) is 18.2 Å². The van der Waals surface area contributed by atoms with Gasteiger partial charge in [-0.3, -0.25) is 0 Å². The number of nitrogens with zero attached hydrogens (tertiary/aromatic N) is 1. The first kappa shape index (κ1) is 10.2. The molecule has 0 amide bonds. The van der Waals surface area contributed by atoms with Crippen LogP contribution in [0, 0.1) is 16.7 Å². The fourth-order valence-electron chi connectivity index (χ4n) is 0.908. The van der Waals surface area contributed by atoms with Crippen molar-refractivity contribution < 1.29 is 0 Å². The molecule has 0 radical (unpaired) electrons. The second-order valence-electron chi connectivity index (χ2n) is 2.44. The number of benzene rings is 1. The maximum atomic E-state index is 8.40. The van der Waals surface area contributed by atoms with Crippen LogP contribution < -0.4 is 0 Å². The van der Waals surface area contributed by atoms with Crippen molar-refractivity contribution >= 4 is 33.2 Å². The molecule has 0 bridgehead atoms. The zero-order valence-corrected chi connectivity index (χ0v) is 8.98. The van der Waals surface area contributed by atoms with Gasteiger partial charge in [0.2, 0.25) is 0 Å². The summed E-state index contributed by atoms with van der Waals surface area (Å²) in [5.74, 6) is 0. The third kappa shape index (κ3) is 2.55. The quantitative estimate of drug-likeness (QED) is 0.811. The van der Waals surface area contributed by atoms with E-state index in [1.165, 1.54) is 0 Å². The first-order chi connectivity index (χ1) is 6.15. The van der Waals surface area contributed by atoms with Crippen molar-refractivity contribution in [1.29, 1.82) is 10.7 Å². The number of rotatable bonds is 2. The van der Waals surface area contributed by atoms with E-state index in [0.29, 0.717) is 10.6 Å². The zero-order valence-electron chi connectivity index (χ0n) is 6.64. The number of halogens is 2. The smallest absolute Gasteiger partial charge is 0.0774 e. The molecule has 0 saturated heterocycles. The number of hydrogen-bond donors (Lipinski definition) is 1. The van der Waals surface area contributed by atoms with Crippen molar-refractivity contribution in [2.45, 2.75) is 6.42 Å². The van der Waals surface area contributed by atoms with Crippen molar-refractivity contribution in [2.24, 2.45) is 0 Å². The lowest BCUT2D eigenvalue weighted by Gasteiger charge is -2.02. The van der Waals surface area contributed by atoms with E-state index in [1.807, 2.05) is 6.07 Å². The lowest BCUT2D eigenvalue weighted by Crippen LogP contribution is -1.97. The lowest BCUT2D eigenvalue weighted by atomic mass is 10.1. The van der Waals surface area contributed by atoms with E-state index in [9.17, 15) is 0 Å². The largest absolute Gasteiger partial charge is 0.304 e. The van der Waals surface area contributed by atoms with Crippen LogP contribution in [0.4, 0.5) is 0 Å². The molecule has 4 heteroatoms. The van der Waals surface area contributed by atoms with Gasteiger partial charge in [-0.25, -0.2) is 0 Å². The summed E-state index contributed by atoms with van der Waals surface area (Å²) in [4.78, 5) is 0. The van der Waals surface area contributed by atoms with E-state index < -0.39 is 0 Å². The molecule has 0 aliphatic heterocycles. The minimum atomic E-state index is 0.0847. The number of hydrogen-bond acceptors (Lipinski definition) is 2. The second-order valence-corrected chi connectivity index (χ2v) is 3.76. The summed E-state index contributed by atoms with van der Waals surface area (Å²) < 4.78 is 0.867. The molecule has 2 nitrogen and oxygen atoms in total. The monoisotopic (exact) mass is 256 g/mol. The molecule has 1 rings (SSSR count). The molecular weight excluding hydrogens is 251 g/mol. The third-order valence-corrected chi connectivity index (χ3v) is 2.32. The molecular formula is C9H6BrClN2. The molecule has 0 fully saturated rings. The molecule has 13 heavy (non-hydrogen) atoms. The van der Waals surface area contributed by atoms with Crippen LogP contribution in [0.5, 0.6) is 0 Å². The number of nitrogens with one attached hydrogen (secondary N) is 1. The molecule has 0 aliphatic carbocycles. The molecule has 1 aromatic carbocycles. The first-order valence-corrected chi connectivity index (χ1v) is 4.72. The van der Waals surface area contributed by atoms with Crippen molar-refractivity contribution in [3.05, 3.63) is 33.3 Å². The van der Waals surface area contributed by atoms with Crippen molar-refractivity contribution in [1.82, 2.24) is 0 Å². The Balaban J connectivity index is 3.03. The van der Waals surface area contributed by atoms with Gasteiger partial charge in [0.1, 0.15) is 0 Å². The zero-order chi connectivity index (χ0) is 9.84. The Morgan fingerprint density at radius 2 is 2.31 bits per heavy atom. The van der Waals surface area contributed by atoms with E-state index >= 15 is 0 Å². The highest BCUT2D eigenvalue weighted by atomic mass is 79.9. The average Bonchev–Trinajstić information content (AvgIpc) is 2.04. The fraction of sp³-hybridized carbons (Fsp3) is 0.111. The molecule has 1 aromatic rings. The van der Waals surface area contributed by atoms with E-state index in [4.69, 9.17) is 22.3 Å². The Bertz CT molecular complexity index is 382. The molecule has 0 unspecified atom stereocenters. The highest BCUT2D eigenvalue weighted by Gasteiger charge is 2.05. The van der Waals surface area contributed by atoms with Gasteiger partial charge in [0.05, 0.1) is 23.2 Å². The van der Waals surface area contributed by atoms with Gasteiger partial charge in [0, 0.05) is 10.0 Å². The van der Waals surface area contributed by atoms with Gasteiger partial charge < -0.3 is 5.41 Å². The normalized spacial score (nSPS) is 9.31. The maximum absolute atomic E-state index is 8.40. The van der Waals surface area contributed by atoms with Crippen molar-refractivity contribution in [3.63, 3.8) is 0 Å². The summed E-state index contributed by atoms with van der Waals surface area (Å²) in [6.07, 6.45) is 0.0847. The number of nitriles is 1. The molecule has 0 atom stereocenters. The van der Waals surface area contributed by atoms with Crippen LogP contribution in [-0.2, 0) is 0 Å². The van der Waals surface area contributed by atoms with Gasteiger partial charge in [-0.2, -0.15) is 5.26 Å². The van der Waals surface area contributed by atoms with Gasteiger partial charge in [0.15, 0.2) is 0 Å². The highest BCUT2D eigenvalue weighted by Crippen LogP contribution is 2.22. The van der Waals surface area contributed by atoms with Crippen LogP contribution in [0.15, 0.2) is 22.7 Å². The molecule has 1 N–H and O–H groups in total. The summed E-state index contributed by atoms with van der Waals surface area (Å²) >= 11 is 9.14. The van der Waals surface area contributed by atoms with Gasteiger partial charge in [-0.05, 0) is 12.1 Å². The summed E-state index contributed by atoms with van der Waals surface area (Å²) in [5, 5.41) is 16.4. The van der Waals surface area contributed by atoms with Gasteiger partial charge in [-0.15, -0.1) is 0 Å². The molecule has 0 spiro atoms. The summed E-state index contributed by atoms with van der Waals surface area (Å²) in [7, 11) is 0. The molecule has 0 aliphatic rings. The van der Waals surface area contributed by atoms with Crippen LogP contribution in [0.1, 0.15) is 12.0 Å². The van der Waals surface area contributed by atoms with Gasteiger partial charge >= 0.3 is 0 Å². The summed E-state index contributed by atoms with van der Waals surface area (Å²) in [6.45, 7) is 0. The minimum Gasteiger partial charge on any atom is -0.304 e. The van der Waals surface area contributed by atoms with E-state index in [2.05, 4.69) is 15.9 Å². The predicted octanol–water partition coefficient (Wildman–Crippen LogP) is 3.38. The highest BCUT2D eigenvalue weighted by molar-refractivity contribution is 9.10. The molecule has 66 valence electrons. The van der Waals surface area contributed by atoms with Crippen LogP contribution in [-0.4, -0.2) is 5.71 Å². The third-order valence-electron chi connectivity index (χ3n) is 1.51. The van der Waals surface area contributed by atoms with Crippen LogP contribution >= 0.6 is 27.5 Å². The van der Waals surface area contributed by atoms with E-state index in [-0.39, 0.29) is 12.1 Å². The Morgan fingerprint density at radius 3 is 2.85 bits per heavy atom. The van der Waals surface area contributed by atoms with Crippen LogP contribution in [0.2, 0.25) is 5.02 Å². The van der Waals surface area contributed by atoms with Crippen LogP contribution in [0.3, 0.4) is 0 Å². The minimum absolute atomic E-state index is 0.0847. The second kappa shape index (κ2) is 4.40. The first-order valence-electron chi connectivity index (χ1n) is 3.55. The molecule has 0 saturated carbocycles. The van der Waals surface area contributed by atoms with Crippen molar-refractivity contribution in [3.8, 4) is 6.07 Å². The SMILES string of the molecule is N#CCC(=N)c1ccc(Br)cc1Cl. The Morgan fingerprint density at radius 1 is 1.62 bits per heavy atom. The van der Waals surface area contributed by atoms with Gasteiger partial charge in [0.25, 0.3) is 0 Å². The topological polar surface area (TPSA) is 47.6 Å². The molecule has 0 aromatic heterocycles. The predicted molar refractivity (Wildman–Crippen MR) is 56.2 cm³/mol. The lowest BCUT2D eigenvalue weighted by molar-refractivity contribution is 1.33. The van der Waals surface area contributed by atoms with Crippen LogP contribution in [0.25, 0.3) is 0 Å². The van der Waals surface area contributed by atoms with Gasteiger partial charge in [-0.1, -0.05) is 33.6 Å². The van der Waals surface area contributed by atoms with Crippen molar-refractivity contribution in [2.75, 3.05) is 0 Å². The Hall–Kier alpha value is -0.850. The average molecular weight is 258 g/mol. The summed E-state index contributed by atoms with van der Waals surface area (Å²) in [5.41, 5.74) is 0.867. The standard InChI is InChI=1S/C9H6BrClN2/c10-6-1-2-7(8(11)5-6)9(13)3-4-12/h1-2,5,13H,3H2. The Kier molecular flexibility index (Phi) is 3.47. The molecule has 0 heterocycles. The maximum Gasteiger partial charge on any atom is 0.0774 e.